The number of amides is 1. The number of hydrogen-bond donors (Lipinski definition) is 2. The first-order valence-electron chi connectivity index (χ1n) is 5.68. The van der Waals surface area contributed by atoms with Gasteiger partial charge in [-0.15, -0.1) is 0 Å². The number of rotatable bonds is 3. The van der Waals surface area contributed by atoms with E-state index in [1.54, 1.807) is 7.05 Å². The smallest absolute Gasteiger partial charge is 0.259 e. The Morgan fingerprint density at radius 3 is 2.60 bits per heavy atom. The second-order valence-electron chi connectivity index (χ2n) is 4.04. The lowest BCUT2D eigenvalue weighted by Crippen LogP contribution is -2.26. The molecule has 2 aromatic rings. The summed E-state index contributed by atoms with van der Waals surface area (Å²) in [5, 5.41) is 0.242. The Hall–Kier alpha value is -2.18. The van der Waals surface area contributed by atoms with E-state index < -0.39 is 0 Å². The quantitative estimate of drug-likeness (QED) is 0.674. The number of halogens is 2. The molecule has 1 aromatic carbocycles. The highest BCUT2D eigenvalue weighted by molar-refractivity contribution is 6.33. The van der Waals surface area contributed by atoms with E-state index >= 15 is 0 Å². The molecule has 0 unspecified atom stereocenters. The topological polar surface area (TPSA) is 71.2 Å². The molecular formula is C13H12ClFN4O. The molecule has 0 saturated carbocycles. The Morgan fingerprint density at radius 1 is 1.40 bits per heavy atom. The Labute approximate surface area is 120 Å². The number of hydrazine groups is 1. The summed E-state index contributed by atoms with van der Waals surface area (Å²) in [6.45, 7) is 0. The van der Waals surface area contributed by atoms with Crippen LogP contribution in [-0.2, 0) is 0 Å². The van der Waals surface area contributed by atoms with E-state index in [0.717, 1.165) is 0 Å². The third kappa shape index (κ3) is 2.87. The number of nitrogens with two attached hydrogens (primary N) is 1. The summed E-state index contributed by atoms with van der Waals surface area (Å²) < 4.78 is 12.9. The first kappa shape index (κ1) is 14.2. The maximum Gasteiger partial charge on any atom is 0.259 e. The van der Waals surface area contributed by atoms with E-state index in [2.05, 4.69) is 10.4 Å². The fraction of sp³-hybridized carbons (Fsp3) is 0.0769. The minimum atomic E-state index is -0.363. The molecule has 3 N–H and O–H groups in total. The van der Waals surface area contributed by atoms with Gasteiger partial charge in [-0.3, -0.25) is 4.79 Å². The van der Waals surface area contributed by atoms with Gasteiger partial charge in [-0.1, -0.05) is 11.6 Å². The number of pyridine rings is 1. The van der Waals surface area contributed by atoms with Gasteiger partial charge >= 0.3 is 0 Å². The van der Waals surface area contributed by atoms with Crippen LogP contribution in [0.2, 0.25) is 5.02 Å². The van der Waals surface area contributed by atoms with Crippen molar-refractivity contribution in [1.82, 2.24) is 4.98 Å². The predicted molar refractivity (Wildman–Crippen MR) is 76.2 cm³/mol. The first-order chi connectivity index (χ1) is 9.52. The van der Waals surface area contributed by atoms with Crippen LogP contribution in [0.3, 0.4) is 0 Å². The number of carbonyl (C=O) groups is 1. The summed E-state index contributed by atoms with van der Waals surface area (Å²) >= 11 is 5.92. The van der Waals surface area contributed by atoms with Crippen molar-refractivity contribution in [2.24, 2.45) is 5.84 Å². The van der Waals surface area contributed by atoms with Gasteiger partial charge in [0, 0.05) is 18.9 Å². The molecule has 5 nitrogen and oxygen atoms in total. The highest BCUT2D eigenvalue weighted by atomic mass is 35.5. The number of benzene rings is 1. The molecule has 0 saturated heterocycles. The summed E-state index contributed by atoms with van der Waals surface area (Å²) in [7, 11) is 1.58. The maximum absolute atomic E-state index is 12.9. The minimum absolute atomic E-state index is 0.242. The average molecular weight is 295 g/mol. The molecule has 20 heavy (non-hydrogen) atoms. The third-order valence-electron chi connectivity index (χ3n) is 2.74. The Morgan fingerprint density at radius 2 is 2.05 bits per heavy atom. The Balaban J connectivity index is 2.26. The molecule has 0 radical (unpaired) electrons. The van der Waals surface area contributed by atoms with Crippen molar-refractivity contribution in [2.75, 3.05) is 17.4 Å². The van der Waals surface area contributed by atoms with Crippen molar-refractivity contribution in [3.63, 3.8) is 0 Å². The van der Waals surface area contributed by atoms with Gasteiger partial charge in [-0.2, -0.15) is 0 Å². The van der Waals surface area contributed by atoms with Crippen molar-refractivity contribution in [1.29, 1.82) is 0 Å². The average Bonchev–Trinajstić information content (AvgIpc) is 2.46. The zero-order valence-electron chi connectivity index (χ0n) is 10.6. The lowest BCUT2D eigenvalue weighted by Gasteiger charge is -2.17. The Bertz CT molecular complexity index is 633. The zero-order chi connectivity index (χ0) is 14.7. The SMILES string of the molecule is CN(C(=O)c1cnc(NN)c(Cl)c1)c1ccc(F)cc1. The highest BCUT2D eigenvalue weighted by Crippen LogP contribution is 2.21. The van der Waals surface area contributed by atoms with Crippen molar-refractivity contribution in [2.45, 2.75) is 0 Å². The van der Waals surface area contributed by atoms with E-state index in [1.807, 2.05) is 0 Å². The molecule has 0 fully saturated rings. The number of aromatic nitrogens is 1. The molecule has 7 heteroatoms. The number of carbonyl (C=O) groups excluding carboxylic acids is 1. The summed E-state index contributed by atoms with van der Waals surface area (Å²) in [6, 6.07) is 7.06. The van der Waals surface area contributed by atoms with Gasteiger partial charge < -0.3 is 10.3 Å². The first-order valence-corrected chi connectivity index (χ1v) is 6.06. The van der Waals surface area contributed by atoms with Crippen molar-refractivity contribution >= 4 is 29.0 Å². The Kier molecular flexibility index (Phi) is 4.16. The lowest BCUT2D eigenvalue weighted by atomic mass is 10.2. The lowest BCUT2D eigenvalue weighted by molar-refractivity contribution is 0.0992. The molecule has 2 rings (SSSR count). The van der Waals surface area contributed by atoms with Gasteiger partial charge in [0.2, 0.25) is 0 Å². The normalized spacial score (nSPS) is 10.2. The predicted octanol–water partition coefficient (Wildman–Crippen LogP) is 2.44. The second-order valence-corrected chi connectivity index (χ2v) is 4.45. The van der Waals surface area contributed by atoms with Crippen LogP contribution in [-0.4, -0.2) is 17.9 Å². The van der Waals surface area contributed by atoms with Gasteiger partial charge in [-0.25, -0.2) is 15.2 Å². The largest absolute Gasteiger partial charge is 0.311 e. The van der Waals surface area contributed by atoms with Crippen LogP contribution in [0.1, 0.15) is 10.4 Å². The molecule has 104 valence electrons. The zero-order valence-corrected chi connectivity index (χ0v) is 11.4. The van der Waals surface area contributed by atoms with E-state index in [-0.39, 0.29) is 22.6 Å². The molecule has 0 atom stereocenters. The minimum Gasteiger partial charge on any atom is -0.311 e. The highest BCUT2D eigenvalue weighted by Gasteiger charge is 2.15. The van der Waals surface area contributed by atoms with Gasteiger partial charge in [0.05, 0.1) is 10.6 Å². The van der Waals surface area contributed by atoms with Gasteiger partial charge in [0.25, 0.3) is 5.91 Å². The number of anilines is 2. The van der Waals surface area contributed by atoms with Crippen molar-refractivity contribution < 1.29 is 9.18 Å². The maximum atomic E-state index is 12.9. The van der Waals surface area contributed by atoms with Crippen LogP contribution in [0.25, 0.3) is 0 Å². The van der Waals surface area contributed by atoms with Crippen molar-refractivity contribution in [3.05, 3.63) is 52.9 Å². The second kappa shape index (κ2) is 5.85. The van der Waals surface area contributed by atoms with Gasteiger partial charge in [-0.05, 0) is 30.3 Å². The summed E-state index contributed by atoms with van der Waals surface area (Å²) in [6.07, 6.45) is 1.36. The van der Waals surface area contributed by atoms with Crippen LogP contribution >= 0.6 is 11.6 Å². The molecule has 0 spiro atoms. The number of nitrogens with zero attached hydrogens (tertiary/aromatic N) is 2. The molecule has 0 aliphatic heterocycles. The van der Waals surface area contributed by atoms with E-state index in [4.69, 9.17) is 17.4 Å². The molecular weight excluding hydrogens is 283 g/mol. The monoisotopic (exact) mass is 294 g/mol. The summed E-state index contributed by atoms with van der Waals surface area (Å²) in [5.41, 5.74) is 3.19. The fourth-order valence-electron chi connectivity index (χ4n) is 1.64. The van der Waals surface area contributed by atoms with Crippen molar-refractivity contribution in [3.8, 4) is 0 Å². The van der Waals surface area contributed by atoms with Crippen LogP contribution in [0.5, 0.6) is 0 Å². The number of hydrogen-bond acceptors (Lipinski definition) is 4. The molecule has 0 aliphatic rings. The molecule has 0 bridgehead atoms. The summed E-state index contributed by atoms with van der Waals surface area (Å²) in [4.78, 5) is 17.6. The van der Waals surface area contributed by atoms with Crippen LogP contribution in [0.15, 0.2) is 36.5 Å². The van der Waals surface area contributed by atoms with Gasteiger partial charge in [0.1, 0.15) is 5.82 Å². The molecule has 1 heterocycles. The molecule has 0 aliphatic carbocycles. The van der Waals surface area contributed by atoms with E-state index in [1.165, 1.54) is 41.4 Å². The van der Waals surface area contributed by atoms with E-state index in [0.29, 0.717) is 11.3 Å². The standard InChI is InChI=1S/C13H12ClFN4O/c1-19(10-4-2-9(15)3-5-10)13(20)8-6-11(14)12(18-16)17-7-8/h2-7H,16H2,1H3,(H,17,18). The third-order valence-corrected chi connectivity index (χ3v) is 3.03. The molecule has 1 aromatic heterocycles. The summed E-state index contributed by atoms with van der Waals surface area (Å²) in [5.74, 6) is 4.83. The number of nitrogens with one attached hydrogen (secondary N) is 1. The van der Waals surface area contributed by atoms with Crippen LogP contribution < -0.4 is 16.2 Å². The van der Waals surface area contributed by atoms with Crippen LogP contribution in [0.4, 0.5) is 15.9 Å². The fourth-order valence-corrected chi connectivity index (χ4v) is 1.86. The van der Waals surface area contributed by atoms with Crippen LogP contribution in [0, 0.1) is 5.82 Å². The molecule has 1 amide bonds. The number of nitrogen functional groups attached to an aromatic ring is 1. The van der Waals surface area contributed by atoms with Gasteiger partial charge in [0.15, 0.2) is 5.82 Å². The van der Waals surface area contributed by atoms with E-state index in [9.17, 15) is 9.18 Å².